The first-order valence-corrected chi connectivity index (χ1v) is 23.0. The van der Waals surface area contributed by atoms with Gasteiger partial charge in [-0.25, -0.2) is 4.79 Å². The van der Waals surface area contributed by atoms with E-state index in [2.05, 4.69) is 53.2 Å². The SMILES string of the molecule is C=C(CCCCCCCC(=O)c1ccc(OCCCCCCOC(=O)C(=C)C)cc1)Oc1ccc(CC(=O)c2ccc(OCCCCCCOC(=C)C(=C)C)cc2)cc1C(C)(C)C. The van der Waals surface area contributed by atoms with E-state index in [4.69, 9.17) is 23.7 Å². The van der Waals surface area contributed by atoms with Crippen LogP contribution in [-0.4, -0.2) is 44.0 Å². The number of unbranched alkanes of at least 4 members (excludes halogenated alkanes) is 10. The van der Waals surface area contributed by atoms with E-state index in [1.54, 1.807) is 6.92 Å². The zero-order chi connectivity index (χ0) is 46.0. The summed E-state index contributed by atoms with van der Waals surface area (Å²) in [4.78, 5) is 37.5. The molecule has 3 rings (SSSR count). The molecule has 0 saturated heterocycles. The average molecular weight is 863 g/mol. The maximum absolute atomic E-state index is 13.3. The molecule has 0 bridgehead atoms. The molecule has 0 amide bonds. The number of allylic oxidation sites excluding steroid dienone is 2. The summed E-state index contributed by atoms with van der Waals surface area (Å²) in [6.07, 6.45) is 14.2. The number of Topliss-reactive ketones (excluding diaryl/α,β-unsaturated/α-hetero) is 2. The maximum Gasteiger partial charge on any atom is 0.333 e. The molecule has 3 aromatic carbocycles. The molecule has 0 saturated carbocycles. The molecular formula is C55H74O8. The first kappa shape index (κ1) is 52.0. The van der Waals surface area contributed by atoms with Crippen LogP contribution in [0.3, 0.4) is 0 Å². The highest BCUT2D eigenvalue weighted by molar-refractivity contribution is 5.97. The molecular weight excluding hydrogens is 789 g/mol. The molecule has 0 aliphatic heterocycles. The Bertz CT molecular complexity index is 1930. The van der Waals surface area contributed by atoms with Crippen LogP contribution in [0.25, 0.3) is 0 Å². The van der Waals surface area contributed by atoms with Crippen molar-refractivity contribution in [1.82, 2.24) is 0 Å². The van der Waals surface area contributed by atoms with Crippen LogP contribution < -0.4 is 14.2 Å². The Kier molecular flexibility index (Phi) is 23.4. The Labute approximate surface area is 378 Å². The minimum absolute atomic E-state index is 0.0536. The van der Waals surface area contributed by atoms with E-state index in [1.807, 2.05) is 67.6 Å². The molecule has 0 aliphatic carbocycles. The van der Waals surface area contributed by atoms with E-state index in [9.17, 15) is 14.4 Å². The summed E-state index contributed by atoms with van der Waals surface area (Å²) in [5.74, 6) is 3.56. The molecule has 3 aromatic rings. The Morgan fingerprint density at radius 2 is 1.00 bits per heavy atom. The van der Waals surface area contributed by atoms with Crippen LogP contribution in [0.4, 0.5) is 0 Å². The molecule has 0 unspecified atom stereocenters. The minimum Gasteiger partial charge on any atom is -0.494 e. The van der Waals surface area contributed by atoms with Gasteiger partial charge in [-0.15, -0.1) is 0 Å². The van der Waals surface area contributed by atoms with Crippen LogP contribution in [0.15, 0.2) is 116 Å². The summed E-state index contributed by atoms with van der Waals surface area (Å²) in [6.45, 7) is 27.8. The van der Waals surface area contributed by atoms with Crippen molar-refractivity contribution in [2.45, 2.75) is 143 Å². The van der Waals surface area contributed by atoms with Crippen molar-refractivity contribution in [3.05, 3.63) is 138 Å². The highest BCUT2D eigenvalue weighted by atomic mass is 16.5. The molecule has 0 atom stereocenters. The number of rotatable bonds is 33. The quantitative estimate of drug-likeness (QED) is 0.0149. The Morgan fingerprint density at radius 1 is 0.524 bits per heavy atom. The first-order valence-electron chi connectivity index (χ1n) is 23.0. The fourth-order valence-electron chi connectivity index (χ4n) is 6.71. The number of ketones is 2. The second kappa shape index (κ2) is 28.3. The van der Waals surface area contributed by atoms with Gasteiger partial charge in [0.15, 0.2) is 11.6 Å². The van der Waals surface area contributed by atoms with E-state index in [0.29, 0.717) is 61.7 Å². The van der Waals surface area contributed by atoms with Gasteiger partial charge < -0.3 is 23.7 Å². The molecule has 0 aromatic heterocycles. The van der Waals surface area contributed by atoms with Gasteiger partial charge in [0.1, 0.15) is 23.0 Å². The molecule has 8 heteroatoms. The van der Waals surface area contributed by atoms with Gasteiger partial charge in [0.2, 0.25) is 0 Å². The number of esters is 1. The molecule has 342 valence electrons. The largest absolute Gasteiger partial charge is 0.494 e. The summed E-state index contributed by atoms with van der Waals surface area (Å²) < 4.78 is 28.7. The predicted octanol–water partition coefficient (Wildman–Crippen LogP) is 14.0. The molecule has 0 spiro atoms. The van der Waals surface area contributed by atoms with Crippen LogP contribution in [0.2, 0.25) is 0 Å². The molecule has 0 aliphatic rings. The lowest BCUT2D eigenvalue weighted by Crippen LogP contribution is -2.14. The summed E-state index contributed by atoms with van der Waals surface area (Å²) in [6, 6.07) is 20.9. The van der Waals surface area contributed by atoms with Crippen molar-refractivity contribution >= 4 is 17.5 Å². The summed E-state index contributed by atoms with van der Waals surface area (Å²) >= 11 is 0. The molecule has 0 fully saturated rings. The Hall–Kier alpha value is -5.37. The van der Waals surface area contributed by atoms with Crippen LogP contribution in [-0.2, 0) is 26.1 Å². The number of hydrogen-bond donors (Lipinski definition) is 0. The number of hydrogen-bond acceptors (Lipinski definition) is 8. The Morgan fingerprint density at radius 3 is 1.52 bits per heavy atom. The van der Waals surface area contributed by atoms with Gasteiger partial charge in [0.25, 0.3) is 0 Å². The van der Waals surface area contributed by atoms with Gasteiger partial charge in [-0.2, -0.15) is 0 Å². The fourth-order valence-corrected chi connectivity index (χ4v) is 6.71. The van der Waals surface area contributed by atoms with Gasteiger partial charge in [-0.05, 0) is 149 Å². The molecule has 0 N–H and O–H groups in total. The summed E-state index contributed by atoms with van der Waals surface area (Å²) in [5, 5.41) is 0. The highest BCUT2D eigenvalue weighted by Gasteiger charge is 2.21. The number of carbonyl (C=O) groups excluding carboxylic acids is 3. The van der Waals surface area contributed by atoms with Crippen molar-refractivity contribution < 1.29 is 38.1 Å². The third kappa shape index (κ3) is 21.0. The summed E-state index contributed by atoms with van der Waals surface area (Å²) in [7, 11) is 0. The summed E-state index contributed by atoms with van der Waals surface area (Å²) in [5.41, 5.74) is 4.45. The molecule has 8 nitrogen and oxygen atoms in total. The first-order chi connectivity index (χ1) is 30.1. The second-order valence-corrected chi connectivity index (χ2v) is 17.6. The fraction of sp³-hybridized carbons (Fsp3) is 0.473. The third-order valence-electron chi connectivity index (χ3n) is 10.6. The van der Waals surface area contributed by atoms with Gasteiger partial charge in [-0.3, -0.25) is 9.59 Å². The molecule has 0 heterocycles. The maximum atomic E-state index is 13.3. The normalized spacial score (nSPS) is 11.1. The monoisotopic (exact) mass is 863 g/mol. The van der Waals surface area contributed by atoms with Gasteiger partial charge in [0.05, 0.1) is 32.2 Å². The van der Waals surface area contributed by atoms with E-state index in [-0.39, 0.29) is 23.0 Å². The molecule has 63 heavy (non-hydrogen) atoms. The second-order valence-electron chi connectivity index (χ2n) is 17.6. The lowest BCUT2D eigenvalue weighted by molar-refractivity contribution is -0.139. The van der Waals surface area contributed by atoms with Gasteiger partial charge in [0, 0.05) is 41.5 Å². The third-order valence-corrected chi connectivity index (χ3v) is 10.6. The molecule has 0 radical (unpaired) electrons. The average Bonchev–Trinajstić information content (AvgIpc) is 3.25. The van der Waals surface area contributed by atoms with Crippen molar-refractivity contribution in [2.24, 2.45) is 0 Å². The predicted molar refractivity (Wildman–Crippen MR) is 256 cm³/mol. The van der Waals surface area contributed by atoms with Crippen LogP contribution >= 0.6 is 0 Å². The van der Waals surface area contributed by atoms with Crippen molar-refractivity contribution in [2.75, 3.05) is 26.4 Å². The van der Waals surface area contributed by atoms with Crippen molar-refractivity contribution in [1.29, 1.82) is 0 Å². The number of carbonyl (C=O) groups is 3. The van der Waals surface area contributed by atoms with Crippen molar-refractivity contribution in [3.63, 3.8) is 0 Å². The van der Waals surface area contributed by atoms with Gasteiger partial charge >= 0.3 is 5.97 Å². The zero-order valence-electron chi connectivity index (χ0n) is 39.1. The van der Waals surface area contributed by atoms with E-state index in [1.165, 1.54) is 0 Å². The topological polar surface area (TPSA) is 97.4 Å². The number of benzene rings is 3. The van der Waals surface area contributed by atoms with E-state index >= 15 is 0 Å². The van der Waals surface area contributed by atoms with Crippen LogP contribution in [0.1, 0.15) is 163 Å². The standard InChI is InChI=1S/C55H74O8/c1-41(2)44(6)59-35-19-13-14-20-36-61-49-32-28-47(29-33-49)52(57)40-45-25-34-53(50(39-45)55(7,8)9)63-43(5)23-17-11-10-12-18-24-51(56)46-26-30-48(31-27-46)60-37-21-15-16-22-38-62-54(58)42(3)4/h25-34,39H,1,3,5-6,10-24,35-38,40H2,2,4,7-9H3. The number of ether oxygens (including phenoxy) is 5. The van der Waals surface area contributed by atoms with Gasteiger partial charge in [-0.1, -0.05) is 78.5 Å². The highest BCUT2D eigenvalue weighted by Crippen LogP contribution is 2.34. The van der Waals surface area contributed by atoms with Crippen LogP contribution in [0, 0.1) is 0 Å². The van der Waals surface area contributed by atoms with E-state index in [0.717, 1.165) is 130 Å². The van der Waals surface area contributed by atoms with Crippen LogP contribution in [0.5, 0.6) is 17.2 Å². The smallest absolute Gasteiger partial charge is 0.333 e. The lowest BCUT2D eigenvalue weighted by Gasteiger charge is -2.24. The Balaban J connectivity index is 1.30. The lowest BCUT2D eigenvalue weighted by atomic mass is 9.84. The van der Waals surface area contributed by atoms with E-state index < -0.39 is 0 Å². The zero-order valence-corrected chi connectivity index (χ0v) is 39.1. The van der Waals surface area contributed by atoms with Crippen molar-refractivity contribution in [3.8, 4) is 17.2 Å². The minimum atomic E-state index is -0.336.